The van der Waals surface area contributed by atoms with Crippen LogP contribution in [0.15, 0.2) is 0 Å². The second-order valence-corrected chi connectivity index (χ2v) is 18.5. The summed E-state index contributed by atoms with van der Waals surface area (Å²) in [7, 11) is 0. The third-order valence-corrected chi connectivity index (χ3v) is 14.2. The Morgan fingerprint density at radius 3 is 1.26 bits per heavy atom. The number of hydrogen-bond acceptors (Lipinski definition) is 3. The van der Waals surface area contributed by atoms with Gasteiger partial charge in [-0.1, -0.05) is 0 Å². The van der Waals surface area contributed by atoms with Crippen molar-refractivity contribution in [1.29, 1.82) is 0 Å². The molecule has 0 amide bonds. The van der Waals surface area contributed by atoms with Crippen molar-refractivity contribution in [3.63, 3.8) is 0 Å². The van der Waals surface area contributed by atoms with Gasteiger partial charge in [-0.2, -0.15) is 0 Å². The van der Waals surface area contributed by atoms with Crippen LogP contribution in [0.5, 0.6) is 0 Å². The van der Waals surface area contributed by atoms with Crippen LogP contribution in [-0.4, -0.2) is 42.6 Å². The van der Waals surface area contributed by atoms with Gasteiger partial charge in [-0.05, 0) is 0 Å². The molecule has 0 radical (unpaired) electrons. The van der Waals surface area contributed by atoms with Gasteiger partial charge in [0.25, 0.3) is 0 Å². The van der Waals surface area contributed by atoms with Gasteiger partial charge in [0.2, 0.25) is 0 Å². The minimum atomic E-state index is -2.50. The summed E-state index contributed by atoms with van der Waals surface area (Å²) in [6.45, 7) is 9.07. The molecule has 0 saturated carbocycles. The molecule has 212 valence electrons. The number of rotatable bonds is 27. The summed E-state index contributed by atoms with van der Waals surface area (Å²) in [6, 6.07) is 0. The summed E-state index contributed by atoms with van der Waals surface area (Å²) >= 11 is 1.78. The van der Waals surface area contributed by atoms with E-state index in [9.17, 15) is 4.79 Å². The number of hydrogen-bond donors (Lipinski definition) is 0. The van der Waals surface area contributed by atoms with Crippen LogP contribution in [0.25, 0.3) is 0 Å². The first-order valence-corrected chi connectivity index (χ1v) is 20.1. The zero-order valence-corrected chi connectivity index (χ0v) is 26.6. The van der Waals surface area contributed by atoms with Gasteiger partial charge < -0.3 is 0 Å². The second kappa shape index (κ2) is 23.4. The third kappa shape index (κ3) is 20.0. The van der Waals surface area contributed by atoms with E-state index < -0.39 is 6.83 Å². The van der Waals surface area contributed by atoms with Crippen molar-refractivity contribution in [3.8, 4) is 0 Å². The Labute approximate surface area is 226 Å². The number of carbonyl (C=O) groups excluding carboxylic acids is 1. The molecule has 0 N–H and O–H groups in total. The molecule has 0 aliphatic carbocycles. The normalized spacial score (nSPS) is 13.0. The van der Waals surface area contributed by atoms with E-state index in [4.69, 9.17) is 4.52 Å². The van der Waals surface area contributed by atoms with Crippen molar-refractivity contribution in [1.82, 2.24) is 0 Å². The summed E-state index contributed by atoms with van der Waals surface area (Å²) in [5, 5.41) is 0. The molecule has 0 rings (SSSR count). The van der Waals surface area contributed by atoms with Crippen molar-refractivity contribution in [2.75, 3.05) is 36.7 Å². The number of unbranched alkanes of at least 4 members (excludes halogenated alkanes) is 16. The van der Waals surface area contributed by atoms with Crippen LogP contribution < -0.4 is 0 Å². The zero-order chi connectivity index (χ0) is 26.1. The Bertz CT molecular complexity index is 439. The van der Waals surface area contributed by atoms with E-state index in [1.165, 1.54) is 147 Å². The molecule has 0 aliphatic heterocycles. The molecule has 0 aromatic heterocycles. The van der Waals surface area contributed by atoms with E-state index in [1.807, 2.05) is 0 Å². The van der Waals surface area contributed by atoms with Gasteiger partial charge in [-0.15, -0.1) is 0 Å². The average molecular weight is 533 g/mol. The molecule has 0 fully saturated rings. The van der Waals surface area contributed by atoms with Crippen molar-refractivity contribution < 1.29 is 9.32 Å². The van der Waals surface area contributed by atoms with Gasteiger partial charge in [0.1, 0.15) is 0 Å². The first-order valence-electron chi connectivity index (χ1n) is 15.7. The molecule has 35 heavy (non-hydrogen) atoms. The van der Waals surface area contributed by atoms with Crippen LogP contribution in [0.4, 0.5) is 0 Å². The molecule has 0 aromatic carbocycles. The van der Waals surface area contributed by atoms with Crippen molar-refractivity contribution in [3.05, 3.63) is 0 Å². The van der Waals surface area contributed by atoms with Crippen LogP contribution in [0.2, 0.25) is 0 Å². The molecule has 2 nitrogen and oxygen atoms in total. The quantitative estimate of drug-likeness (QED) is 0.0777. The Morgan fingerprint density at radius 2 is 0.886 bits per heavy atom. The average Bonchev–Trinajstić information content (AvgIpc) is 2.84. The third-order valence-electron chi connectivity index (χ3n) is 7.68. The first-order chi connectivity index (χ1) is 16.9. The van der Waals surface area contributed by atoms with E-state index in [1.54, 1.807) is 11.8 Å². The van der Waals surface area contributed by atoms with Gasteiger partial charge in [-0.25, -0.2) is 0 Å². The van der Waals surface area contributed by atoms with Crippen LogP contribution in [0.1, 0.15) is 156 Å². The summed E-state index contributed by atoms with van der Waals surface area (Å²) in [6.07, 6.45) is 29.7. The molecular weight excluding hydrogens is 467 g/mol. The molecule has 0 saturated heterocycles. The fourth-order valence-corrected chi connectivity index (χ4v) is 11.2. The van der Waals surface area contributed by atoms with Crippen molar-refractivity contribution in [2.24, 2.45) is 0 Å². The monoisotopic (exact) mass is 532 g/mol. The summed E-state index contributed by atoms with van der Waals surface area (Å²) < 4.78 is 6.76. The van der Waals surface area contributed by atoms with Crippen LogP contribution >= 0.6 is 18.6 Å². The van der Waals surface area contributed by atoms with E-state index in [0.29, 0.717) is 5.75 Å². The molecule has 0 aromatic rings. The van der Waals surface area contributed by atoms with Crippen molar-refractivity contribution in [2.45, 2.75) is 156 Å². The van der Waals surface area contributed by atoms with E-state index in [2.05, 4.69) is 34.4 Å². The maximum absolute atomic E-state index is 13.1. The molecular formula is C31H65O2PS. The Balaban J connectivity index is 5.22. The second-order valence-electron chi connectivity index (χ2n) is 11.5. The molecule has 0 heterocycles. The molecule has 0 unspecified atom stereocenters. The summed E-state index contributed by atoms with van der Waals surface area (Å²) in [5.74, 6) is 1.72. The molecule has 4 heteroatoms. The van der Waals surface area contributed by atoms with E-state index in [0.717, 1.165) is 5.75 Å². The van der Waals surface area contributed by atoms with E-state index >= 15 is 0 Å². The first kappa shape index (κ1) is 35.2. The van der Waals surface area contributed by atoms with E-state index in [-0.39, 0.29) is 5.97 Å². The number of carbonyl (C=O) groups is 1. The minimum absolute atomic E-state index is 0.0919. The molecule has 0 atom stereocenters. The maximum atomic E-state index is 13.1. The fourth-order valence-electron chi connectivity index (χ4n) is 5.23. The van der Waals surface area contributed by atoms with Gasteiger partial charge >= 0.3 is 227 Å². The van der Waals surface area contributed by atoms with Gasteiger partial charge in [0, 0.05) is 0 Å². The Morgan fingerprint density at radius 1 is 0.543 bits per heavy atom. The van der Waals surface area contributed by atoms with Crippen LogP contribution in [0.3, 0.4) is 0 Å². The Hall–Kier alpha value is 0.250. The SMILES string of the molecule is CCCCCCCCP(C)(CCCCCCCC)(CCCCCCCC)OC(=O)CSCCCC. The predicted octanol–water partition coefficient (Wildman–Crippen LogP) is 11.2. The standard InChI is InChI=1S/C31H65O2PS/c1-6-10-14-17-20-23-26-34(5,27-24-21-18-15-11-7-2,28-25-22-19-16-12-8-3)33-31(32)30-35-29-13-9-4/h6-30H2,1-5H3. The van der Waals surface area contributed by atoms with Crippen LogP contribution in [0, 0.1) is 0 Å². The zero-order valence-electron chi connectivity index (χ0n) is 24.8. The topological polar surface area (TPSA) is 26.3 Å². The summed E-state index contributed by atoms with van der Waals surface area (Å²) in [4.78, 5) is 13.1. The predicted molar refractivity (Wildman–Crippen MR) is 166 cm³/mol. The van der Waals surface area contributed by atoms with Gasteiger partial charge in [0.05, 0.1) is 0 Å². The van der Waals surface area contributed by atoms with Crippen molar-refractivity contribution >= 4 is 24.6 Å². The fraction of sp³-hybridized carbons (Fsp3) is 0.968. The Kier molecular flexibility index (Phi) is 23.5. The molecule has 0 spiro atoms. The van der Waals surface area contributed by atoms with Gasteiger partial charge in [-0.3, -0.25) is 0 Å². The van der Waals surface area contributed by atoms with Gasteiger partial charge in [0.15, 0.2) is 0 Å². The molecule has 0 aliphatic rings. The number of thioether (sulfide) groups is 1. The van der Waals surface area contributed by atoms with Crippen LogP contribution in [-0.2, 0) is 9.32 Å². The summed E-state index contributed by atoms with van der Waals surface area (Å²) in [5.41, 5.74) is 0. The molecule has 0 bridgehead atoms.